The first-order valence-corrected chi connectivity index (χ1v) is 6.72. The molecule has 0 aliphatic heterocycles. The third-order valence-corrected chi connectivity index (χ3v) is 3.15. The number of rotatable bonds is 7. The predicted molar refractivity (Wildman–Crippen MR) is 75.1 cm³/mol. The van der Waals surface area contributed by atoms with Crippen molar-refractivity contribution < 1.29 is 4.39 Å². The summed E-state index contributed by atoms with van der Waals surface area (Å²) in [6.45, 7) is 11.3. The van der Waals surface area contributed by atoms with E-state index in [1.807, 2.05) is 12.1 Å². The molecule has 3 heteroatoms. The van der Waals surface area contributed by atoms with Crippen molar-refractivity contribution >= 4 is 0 Å². The minimum atomic E-state index is -0.130. The summed E-state index contributed by atoms with van der Waals surface area (Å²) >= 11 is 0. The largest absolute Gasteiger partial charge is 0.311 e. The van der Waals surface area contributed by atoms with E-state index >= 15 is 0 Å². The van der Waals surface area contributed by atoms with Crippen LogP contribution in [0.2, 0.25) is 0 Å². The molecule has 1 N–H and O–H groups in total. The molecule has 0 bridgehead atoms. The van der Waals surface area contributed by atoms with Crippen molar-refractivity contribution in [3.63, 3.8) is 0 Å². The predicted octanol–water partition coefficient (Wildman–Crippen LogP) is 3.03. The minimum Gasteiger partial charge on any atom is -0.311 e. The summed E-state index contributed by atoms with van der Waals surface area (Å²) in [5.74, 6) is -0.130. The molecule has 0 spiro atoms. The molecule has 0 heterocycles. The fourth-order valence-electron chi connectivity index (χ4n) is 2.19. The topological polar surface area (TPSA) is 15.3 Å². The van der Waals surface area contributed by atoms with Gasteiger partial charge < -0.3 is 5.32 Å². The Kier molecular flexibility index (Phi) is 6.30. The molecule has 0 aliphatic carbocycles. The average Bonchev–Trinajstić information content (AvgIpc) is 2.30. The lowest BCUT2D eigenvalue weighted by Gasteiger charge is -2.30. The molecular formula is C15H25FN2. The van der Waals surface area contributed by atoms with E-state index in [4.69, 9.17) is 0 Å². The smallest absolute Gasteiger partial charge is 0.127 e. The number of halogens is 1. The Morgan fingerprint density at radius 1 is 1.11 bits per heavy atom. The van der Waals surface area contributed by atoms with Crippen LogP contribution in [0, 0.1) is 5.82 Å². The molecular weight excluding hydrogens is 227 g/mol. The number of hydrogen-bond acceptors (Lipinski definition) is 2. The van der Waals surface area contributed by atoms with Gasteiger partial charge in [0.1, 0.15) is 5.82 Å². The molecule has 0 fully saturated rings. The fourth-order valence-corrected chi connectivity index (χ4v) is 2.19. The Morgan fingerprint density at radius 2 is 1.72 bits per heavy atom. The lowest BCUT2D eigenvalue weighted by molar-refractivity contribution is 0.175. The fraction of sp³-hybridized carbons (Fsp3) is 0.600. The maximum atomic E-state index is 13.4. The Morgan fingerprint density at radius 3 is 2.28 bits per heavy atom. The summed E-state index contributed by atoms with van der Waals surface area (Å²) in [6.07, 6.45) is 0. The highest BCUT2D eigenvalue weighted by molar-refractivity contribution is 5.16. The Bertz CT molecular complexity index is 342. The van der Waals surface area contributed by atoms with Gasteiger partial charge >= 0.3 is 0 Å². The molecule has 102 valence electrons. The van der Waals surface area contributed by atoms with E-state index in [1.54, 1.807) is 6.07 Å². The quantitative estimate of drug-likeness (QED) is 0.750. The molecule has 0 aromatic heterocycles. The van der Waals surface area contributed by atoms with Crippen molar-refractivity contribution in [3.8, 4) is 0 Å². The van der Waals surface area contributed by atoms with E-state index in [-0.39, 0.29) is 5.82 Å². The average molecular weight is 252 g/mol. The molecule has 0 unspecified atom stereocenters. The van der Waals surface area contributed by atoms with Crippen LogP contribution in [0.5, 0.6) is 0 Å². The Balaban J connectivity index is 2.32. The highest BCUT2D eigenvalue weighted by atomic mass is 19.1. The lowest BCUT2D eigenvalue weighted by Crippen LogP contribution is -2.41. The van der Waals surface area contributed by atoms with Crippen LogP contribution in [0.15, 0.2) is 24.3 Å². The first kappa shape index (κ1) is 15.1. The van der Waals surface area contributed by atoms with Gasteiger partial charge in [0.25, 0.3) is 0 Å². The Labute approximate surface area is 110 Å². The van der Waals surface area contributed by atoms with E-state index in [0.29, 0.717) is 18.6 Å². The van der Waals surface area contributed by atoms with Crippen LogP contribution in [0.3, 0.4) is 0 Å². The van der Waals surface area contributed by atoms with Crippen LogP contribution < -0.4 is 5.32 Å². The van der Waals surface area contributed by atoms with E-state index in [2.05, 4.69) is 37.9 Å². The van der Waals surface area contributed by atoms with Gasteiger partial charge in [-0.3, -0.25) is 4.90 Å². The van der Waals surface area contributed by atoms with Gasteiger partial charge in [-0.15, -0.1) is 0 Å². The molecule has 0 saturated heterocycles. The van der Waals surface area contributed by atoms with Gasteiger partial charge in [-0.25, -0.2) is 4.39 Å². The van der Waals surface area contributed by atoms with E-state index in [1.165, 1.54) is 6.07 Å². The van der Waals surface area contributed by atoms with Gasteiger partial charge in [0.15, 0.2) is 0 Å². The van der Waals surface area contributed by atoms with E-state index in [9.17, 15) is 4.39 Å². The minimum absolute atomic E-state index is 0.130. The summed E-state index contributed by atoms with van der Waals surface area (Å²) in [6, 6.07) is 8.00. The summed E-state index contributed by atoms with van der Waals surface area (Å²) in [5.41, 5.74) is 0.734. The zero-order valence-electron chi connectivity index (χ0n) is 11.9. The number of nitrogens with one attached hydrogen (secondary N) is 1. The molecule has 0 amide bonds. The van der Waals surface area contributed by atoms with Gasteiger partial charge in [-0.05, 0) is 33.8 Å². The number of nitrogens with zero attached hydrogens (tertiary/aromatic N) is 1. The molecule has 2 nitrogen and oxygen atoms in total. The second-order valence-electron chi connectivity index (χ2n) is 5.19. The highest BCUT2D eigenvalue weighted by Crippen LogP contribution is 2.06. The van der Waals surface area contributed by atoms with Crippen LogP contribution >= 0.6 is 0 Å². The zero-order valence-corrected chi connectivity index (χ0v) is 11.9. The molecule has 1 rings (SSSR count). The second-order valence-corrected chi connectivity index (χ2v) is 5.19. The van der Waals surface area contributed by atoms with E-state index < -0.39 is 0 Å². The molecule has 18 heavy (non-hydrogen) atoms. The Hall–Kier alpha value is -0.930. The van der Waals surface area contributed by atoms with Gasteiger partial charge in [0.05, 0.1) is 0 Å². The van der Waals surface area contributed by atoms with Crippen molar-refractivity contribution in [3.05, 3.63) is 35.6 Å². The molecule has 1 aromatic rings. The van der Waals surface area contributed by atoms with Crippen LogP contribution in [-0.4, -0.2) is 30.1 Å². The summed E-state index contributed by atoms with van der Waals surface area (Å²) < 4.78 is 13.4. The van der Waals surface area contributed by atoms with Gasteiger partial charge in [0.2, 0.25) is 0 Å². The van der Waals surface area contributed by atoms with Crippen LogP contribution in [-0.2, 0) is 6.54 Å². The third-order valence-electron chi connectivity index (χ3n) is 3.15. The summed E-state index contributed by atoms with van der Waals surface area (Å²) in [4.78, 5) is 2.42. The maximum absolute atomic E-state index is 13.4. The molecule has 0 saturated carbocycles. The van der Waals surface area contributed by atoms with Crippen molar-refractivity contribution in [2.24, 2.45) is 0 Å². The monoisotopic (exact) mass is 252 g/mol. The lowest BCUT2D eigenvalue weighted by atomic mass is 10.2. The molecule has 0 atom stereocenters. The first-order chi connectivity index (χ1) is 8.52. The van der Waals surface area contributed by atoms with Gasteiger partial charge in [-0.2, -0.15) is 0 Å². The third kappa shape index (κ3) is 4.75. The molecule has 0 radical (unpaired) electrons. The zero-order chi connectivity index (χ0) is 13.5. The number of hydrogen-bond donors (Lipinski definition) is 1. The normalized spacial score (nSPS) is 11.8. The SMILES string of the molecule is CC(C)N(CCNCc1ccccc1F)C(C)C. The van der Waals surface area contributed by atoms with Crippen LogP contribution in [0.1, 0.15) is 33.3 Å². The van der Waals surface area contributed by atoms with Crippen LogP contribution in [0.25, 0.3) is 0 Å². The number of benzene rings is 1. The van der Waals surface area contributed by atoms with Gasteiger partial charge in [-0.1, -0.05) is 18.2 Å². The standard InChI is InChI=1S/C15H25FN2/c1-12(2)18(13(3)4)10-9-17-11-14-7-5-6-8-15(14)16/h5-8,12-13,17H,9-11H2,1-4H3. The van der Waals surface area contributed by atoms with Crippen molar-refractivity contribution in [1.29, 1.82) is 0 Å². The second kappa shape index (κ2) is 7.49. The van der Waals surface area contributed by atoms with E-state index in [0.717, 1.165) is 18.7 Å². The van der Waals surface area contributed by atoms with Crippen molar-refractivity contribution in [2.75, 3.05) is 13.1 Å². The highest BCUT2D eigenvalue weighted by Gasteiger charge is 2.12. The molecule has 1 aromatic carbocycles. The van der Waals surface area contributed by atoms with Crippen molar-refractivity contribution in [2.45, 2.75) is 46.3 Å². The molecule has 0 aliphatic rings. The maximum Gasteiger partial charge on any atom is 0.127 e. The van der Waals surface area contributed by atoms with Gasteiger partial charge in [0, 0.05) is 37.3 Å². The summed E-state index contributed by atoms with van der Waals surface area (Å²) in [5, 5.41) is 3.30. The van der Waals surface area contributed by atoms with Crippen molar-refractivity contribution in [1.82, 2.24) is 10.2 Å². The van der Waals surface area contributed by atoms with Crippen LogP contribution in [0.4, 0.5) is 4.39 Å². The first-order valence-electron chi connectivity index (χ1n) is 6.72. The summed E-state index contributed by atoms with van der Waals surface area (Å²) in [7, 11) is 0.